The van der Waals surface area contributed by atoms with E-state index in [2.05, 4.69) is 53.9 Å². The second-order valence-electron chi connectivity index (χ2n) is 17.2. The molecule has 0 fully saturated rings. The quantitative estimate of drug-likeness (QED) is 0.0396. The number of unbranched alkanes of at least 4 members (excludes halogenated alkanes) is 21. The molecule has 0 saturated heterocycles. The van der Waals surface area contributed by atoms with Crippen LogP contribution >= 0.6 is 0 Å². The van der Waals surface area contributed by atoms with E-state index in [1.54, 1.807) is 0 Å². The number of carbonyl (C=O) groups is 2. The van der Waals surface area contributed by atoms with Crippen LogP contribution in [0.3, 0.4) is 0 Å². The van der Waals surface area contributed by atoms with Gasteiger partial charge in [0.2, 0.25) is 0 Å². The van der Waals surface area contributed by atoms with E-state index in [0.29, 0.717) is 11.8 Å². The van der Waals surface area contributed by atoms with Crippen molar-refractivity contribution in [1.82, 2.24) is 26.2 Å². The Hall–Kier alpha value is -1.54. The minimum absolute atomic E-state index is 0.00500. The summed E-state index contributed by atoms with van der Waals surface area (Å²) in [7, 11) is 0. The van der Waals surface area contributed by atoms with Gasteiger partial charge in [-0.1, -0.05) is 169 Å². The molecule has 0 heterocycles. The van der Waals surface area contributed by atoms with Crippen molar-refractivity contribution in [3.63, 3.8) is 0 Å². The molecule has 5 N–H and O–H groups in total. The first-order valence-electron chi connectivity index (χ1n) is 24.9. The van der Waals surface area contributed by atoms with Crippen molar-refractivity contribution in [2.75, 3.05) is 52.4 Å². The first-order valence-corrected chi connectivity index (χ1v) is 24.9. The Labute approximate surface area is 349 Å². The largest absolute Gasteiger partial charge is 0.396 e. The van der Waals surface area contributed by atoms with Gasteiger partial charge in [0.25, 0.3) is 0 Å². The first-order chi connectivity index (χ1) is 27.5. The van der Waals surface area contributed by atoms with Crippen LogP contribution in [0.25, 0.3) is 0 Å². The van der Waals surface area contributed by atoms with Crippen molar-refractivity contribution in [3.8, 4) is 0 Å². The molecule has 0 aliphatic heterocycles. The molecular formula is C48H99N5O3. The lowest BCUT2D eigenvalue weighted by molar-refractivity contribution is 0.231. The van der Waals surface area contributed by atoms with Crippen LogP contribution in [-0.2, 0) is 0 Å². The summed E-state index contributed by atoms with van der Waals surface area (Å²) in [6.07, 6.45) is 39.6. The monoisotopic (exact) mass is 794 g/mol. The summed E-state index contributed by atoms with van der Waals surface area (Å²) < 4.78 is 0. The lowest BCUT2D eigenvalue weighted by Crippen LogP contribution is -2.38. The maximum atomic E-state index is 12.6. The molecule has 0 aromatic carbocycles. The van der Waals surface area contributed by atoms with Gasteiger partial charge in [-0.3, -0.25) is 0 Å². The van der Waals surface area contributed by atoms with Crippen LogP contribution in [0.1, 0.15) is 233 Å². The topological polar surface area (TPSA) is 106 Å². The van der Waals surface area contributed by atoms with Gasteiger partial charge in [0.05, 0.1) is 0 Å². The van der Waals surface area contributed by atoms with Gasteiger partial charge < -0.3 is 31.3 Å². The SMILES string of the molecule is CCCCCCCCC(CCCCCC)CNC(=O)NCCCCCN(CCCCO)CCCCCNC(=O)NCC(CCCCCC)CCCCCCCC. The molecule has 56 heavy (non-hydrogen) atoms. The van der Waals surface area contributed by atoms with Crippen molar-refractivity contribution in [2.24, 2.45) is 11.8 Å². The zero-order valence-corrected chi connectivity index (χ0v) is 38.1. The second kappa shape index (κ2) is 44.6. The molecular weight excluding hydrogens is 695 g/mol. The van der Waals surface area contributed by atoms with Crippen molar-refractivity contribution < 1.29 is 14.7 Å². The number of hydrogen-bond acceptors (Lipinski definition) is 4. The van der Waals surface area contributed by atoms with E-state index >= 15 is 0 Å². The van der Waals surface area contributed by atoms with Gasteiger partial charge in [0.1, 0.15) is 0 Å². The van der Waals surface area contributed by atoms with Crippen LogP contribution in [0.4, 0.5) is 9.59 Å². The van der Waals surface area contributed by atoms with Gasteiger partial charge in [0.15, 0.2) is 0 Å². The fraction of sp³-hybridized carbons (Fsp3) is 0.958. The van der Waals surface area contributed by atoms with Crippen LogP contribution in [0.15, 0.2) is 0 Å². The minimum atomic E-state index is -0.00500. The molecule has 0 spiro atoms. The third-order valence-electron chi connectivity index (χ3n) is 11.7. The lowest BCUT2D eigenvalue weighted by atomic mass is 9.94. The van der Waals surface area contributed by atoms with Crippen molar-refractivity contribution in [2.45, 2.75) is 233 Å². The number of aliphatic hydroxyl groups is 1. The maximum absolute atomic E-state index is 12.6. The van der Waals surface area contributed by atoms with E-state index in [9.17, 15) is 14.7 Å². The number of urea groups is 2. The number of aliphatic hydroxyl groups excluding tert-OH is 1. The van der Waals surface area contributed by atoms with Crippen LogP contribution < -0.4 is 21.3 Å². The number of nitrogens with zero attached hydrogens (tertiary/aromatic N) is 1. The predicted molar refractivity (Wildman–Crippen MR) is 244 cm³/mol. The maximum Gasteiger partial charge on any atom is 0.314 e. The highest BCUT2D eigenvalue weighted by molar-refractivity contribution is 5.74. The molecule has 0 aliphatic carbocycles. The fourth-order valence-electron chi connectivity index (χ4n) is 7.90. The molecule has 4 amide bonds. The van der Waals surface area contributed by atoms with Gasteiger partial charge in [-0.05, 0) is 95.7 Å². The van der Waals surface area contributed by atoms with Crippen LogP contribution in [0, 0.1) is 11.8 Å². The van der Waals surface area contributed by atoms with E-state index in [1.807, 2.05) is 0 Å². The Morgan fingerprint density at radius 2 is 0.696 bits per heavy atom. The number of nitrogens with one attached hydrogen (secondary N) is 4. The van der Waals surface area contributed by atoms with Gasteiger partial charge >= 0.3 is 12.1 Å². The molecule has 2 unspecified atom stereocenters. The normalized spacial score (nSPS) is 12.5. The molecule has 8 heteroatoms. The van der Waals surface area contributed by atoms with E-state index in [4.69, 9.17) is 0 Å². The summed E-state index contributed by atoms with van der Waals surface area (Å²) >= 11 is 0. The first kappa shape index (κ1) is 54.5. The highest BCUT2D eigenvalue weighted by atomic mass is 16.3. The smallest absolute Gasteiger partial charge is 0.314 e. The Bertz CT molecular complexity index is 756. The van der Waals surface area contributed by atoms with Gasteiger partial charge in [-0.2, -0.15) is 0 Å². The van der Waals surface area contributed by atoms with Crippen molar-refractivity contribution in [1.29, 1.82) is 0 Å². The summed E-state index contributed by atoms with van der Waals surface area (Å²) in [4.78, 5) is 27.7. The Kier molecular flexibility index (Phi) is 43.3. The molecule has 0 rings (SSSR count). The number of hydrogen-bond donors (Lipinski definition) is 5. The Balaban J connectivity index is 4.30. The molecule has 0 saturated carbocycles. The third kappa shape index (κ3) is 39.3. The molecule has 0 aliphatic rings. The van der Waals surface area contributed by atoms with Crippen LogP contribution in [0.5, 0.6) is 0 Å². The van der Waals surface area contributed by atoms with E-state index in [0.717, 1.165) is 97.2 Å². The highest BCUT2D eigenvalue weighted by Crippen LogP contribution is 2.20. The highest BCUT2D eigenvalue weighted by Gasteiger charge is 2.12. The Morgan fingerprint density at radius 3 is 1.05 bits per heavy atom. The molecule has 334 valence electrons. The van der Waals surface area contributed by atoms with Crippen LogP contribution in [0.2, 0.25) is 0 Å². The van der Waals surface area contributed by atoms with E-state index in [1.165, 1.54) is 154 Å². The lowest BCUT2D eigenvalue weighted by Gasteiger charge is -2.22. The molecule has 0 bridgehead atoms. The summed E-state index contributed by atoms with van der Waals surface area (Å²) in [6.45, 7) is 15.6. The average molecular weight is 794 g/mol. The van der Waals surface area contributed by atoms with Gasteiger partial charge in [-0.25, -0.2) is 9.59 Å². The molecule has 0 aromatic heterocycles. The molecule has 2 atom stereocenters. The second-order valence-corrected chi connectivity index (χ2v) is 17.2. The molecule has 0 radical (unpaired) electrons. The van der Waals surface area contributed by atoms with Gasteiger partial charge in [-0.15, -0.1) is 0 Å². The van der Waals surface area contributed by atoms with Crippen molar-refractivity contribution >= 4 is 12.1 Å². The predicted octanol–water partition coefficient (Wildman–Crippen LogP) is 12.7. The van der Waals surface area contributed by atoms with E-state index in [-0.39, 0.29) is 18.7 Å². The number of amides is 4. The summed E-state index contributed by atoms with van der Waals surface area (Å²) in [5.41, 5.74) is 0. The molecule has 8 nitrogen and oxygen atoms in total. The average Bonchev–Trinajstić information content (AvgIpc) is 3.20. The zero-order chi connectivity index (χ0) is 41.0. The summed E-state index contributed by atoms with van der Waals surface area (Å²) in [6, 6.07) is -0.01000. The standard InChI is InChI=1S/C48H99N5O3/c1-5-9-13-17-19-25-35-45(33-23-15-11-7-3)43-51-47(55)49-37-27-21-29-39-53(41-31-32-42-54)40-30-22-28-38-50-48(56)52-44-46(34-24-16-12-8-4)36-26-20-18-14-10-6-2/h45-46,54H,5-44H2,1-4H3,(H2,49,51,55)(H2,50,52,56). The van der Waals surface area contributed by atoms with Gasteiger partial charge in [0, 0.05) is 32.8 Å². The third-order valence-corrected chi connectivity index (χ3v) is 11.7. The zero-order valence-electron chi connectivity index (χ0n) is 38.1. The van der Waals surface area contributed by atoms with Crippen molar-refractivity contribution in [3.05, 3.63) is 0 Å². The Morgan fingerprint density at radius 1 is 0.393 bits per heavy atom. The molecule has 0 aromatic rings. The number of rotatable bonds is 44. The van der Waals surface area contributed by atoms with E-state index < -0.39 is 0 Å². The van der Waals surface area contributed by atoms with Crippen LogP contribution in [-0.4, -0.2) is 74.5 Å². The summed E-state index contributed by atoms with van der Waals surface area (Å²) in [5, 5.41) is 21.9. The minimum Gasteiger partial charge on any atom is -0.396 e. The summed E-state index contributed by atoms with van der Waals surface area (Å²) in [5.74, 6) is 1.20. The fourth-order valence-corrected chi connectivity index (χ4v) is 7.90. The number of carbonyl (C=O) groups excluding carboxylic acids is 2.